The van der Waals surface area contributed by atoms with Crippen LogP contribution in [0.2, 0.25) is 0 Å². The number of alkyl halides is 3. The standard InChI is InChI=1S/C22H23F3N6O/c1-29-9-10-30(20(12-29)16-5-3-2-4-6-16)13-21(32)28-18-11-17(22(23,24)25)7-8-19(18)31-15-26-14-27-31/h2-8,11,14-15,20H,9-10,12-13H2,1H3,(H,28,32). The number of piperazine rings is 1. The van der Waals surface area contributed by atoms with Crippen molar-refractivity contribution in [3.8, 4) is 5.69 Å². The van der Waals surface area contributed by atoms with E-state index in [1.54, 1.807) is 0 Å². The van der Waals surface area contributed by atoms with Crippen molar-refractivity contribution in [1.82, 2.24) is 24.6 Å². The number of nitrogens with zero attached hydrogens (tertiary/aromatic N) is 5. The smallest absolute Gasteiger partial charge is 0.323 e. The lowest BCUT2D eigenvalue weighted by Crippen LogP contribution is -2.49. The van der Waals surface area contributed by atoms with Crippen molar-refractivity contribution in [1.29, 1.82) is 0 Å². The summed E-state index contributed by atoms with van der Waals surface area (Å²) in [6.07, 6.45) is -1.89. The second kappa shape index (κ2) is 9.09. The van der Waals surface area contributed by atoms with Gasteiger partial charge in [0.1, 0.15) is 12.7 Å². The Labute approximate surface area is 183 Å². The van der Waals surface area contributed by atoms with Gasteiger partial charge in [-0.25, -0.2) is 9.67 Å². The van der Waals surface area contributed by atoms with E-state index in [0.717, 1.165) is 30.8 Å². The minimum absolute atomic E-state index is 0.0111. The zero-order chi connectivity index (χ0) is 22.7. The van der Waals surface area contributed by atoms with Gasteiger partial charge in [-0.2, -0.15) is 18.3 Å². The summed E-state index contributed by atoms with van der Waals surface area (Å²) in [6, 6.07) is 13.0. The molecule has 1 unspecified atom stereocenters. The number of nitrogens with one attached hydrogen (secondary N) is 1. The number of anilines is 1. The SMILES string of the molecule is CN1CCN(CC(=O)Nc2cc(C(F)(F)F)ccc2-n2cncn2)C(c2ccccc2)C1. The lowest BCUT2D eigenvalue weighted by Gasteiger charge is -2.40. The fourth-order valence-corrected chi connectivity index (χ4v) is 3.86. The van der Waals surface area contributed by atoms with Crippen LogP contribution >= 0.6 is 0 Å². The molecular weight excluding hydrogens is 421 g/mol. The molecule has 0 radical (unpaired) electrons. The third kappa shape index (κ3) is 4.97. The van der Waals surface area contributed by atoms with Crippen molar-refractivity contribution in [2.45, 2.75) is 12.2 Å². The molecular formula is C22H23F3N6O. The maximum absolute atomic E-state index is 13.3. The lowest BCUT2D eigenvalue weighted by atomic mass is 10.0. The highest BCUT2D eigenvalue weighted by Crippen LogP contribution is 2.33. The van der Waals surface area contributed by atoms with Gasteiger partial charge in [-0.3, -0.25) is 9.69 Å². The first-order chi connectivity index (χ1) is 15.3. The van der Waals surface area contributed by atoms with Gasteiger partial charge in [0.05, 0.1) is 23.5 Å². The van der Waals surface area contributed by atoms with E-state index < -0.39 is 17.6 Å². The number of hydrogen-bond acceptors (Lipinski definition) is 5. The summed E-state index contributed by atoms with van der Waals surface area (Å²) in [5.41, 5.74) is 0.579. The maximum atomic E-state index is 13.3. The number of hydrogen-bond donors (Lipinski definition) is 1. The molecule has 2 heterocycles. The van der Waals surface area contributed by atoms with Gasteiger partial charge in [-0.15, -0.1) is 0 Å². The van der Waals surface area contributed by atoms with Gasteiger partial charge in [-0.05, 0) is 30.8 Å². The van der Waals surface area contributed by atoms with Crippen LogP contribution in [0.1, 0.15) is 17.2 Å². The van der Waals surface area contributed by atoms with Gasteiger partial charge in [0.2, 0.25) is 5.91 Å². The first-order valence-electron chi connectivity index (χ1n) is 10.1. The molecule has 1 amide bonds. The lowest BCUT2D eigenvalue weighted by molar-refractivity contribution is -0.137. The largest absolute Gasteiger partial charge is 0.416 e. The van der Waals surface area contributed by atoms with Crippen LogP contribution in [-0.4, -0.2) is 63.7 Å². The van der Waals surface area contributed by atoms with E-state index >= 15 is 0 Å². The predicted molar refractivity (Wildman–Crippen MR) is 113 cm³/mol. The van der Waals surface area contributed by atoms with E-state index in [2.05, 4.69) is 20.3 Å². The van der Waals surface area contributed by atoms with Crippen LogP contribution in [0, 0.1) is 0 Å². The fraction of sp³-hybridized carbons (Fsp3) is 0.318. The first kappa shape index (κ1) is 22.0. The highest BCUT2D eigenvalue weighted by atomic mass is 19.4. The topological polar surface area (TPSA) is 66.3 Å². The van der Waals surface area contributed by atoms with Crippen LogP contribution in [0.5, 0.6) is 0 Å². The van der Waals surface area contributed by atoms with Crippen molar-refractivity contribution in [3.63, 3.8) is 0 Å². The molecule has 0 spiro atoms. The Morgan fingerprint density at radius 1 is 1.16 bits per heavy atom. The minimum atomic E-state index is -4.53. The summed E-state index contributed by atoms with van der Waals surface area (Å²) in [5.74, 6) is -0.392. The molecule has 0 saturated carbocycles. The molecule has 7 nitrogen and oxygen atoms in total. The fourth-order valence-electron chi connectivity index (χ4n) is 3.86. The quantitative estimate of drug-likeness (QED) is 0.655. The van der Waals surface area contributed by atoms with Crippen molar-refractivity contribution in [3.05, 3.63) is 72.3 Å². The Hall–Kier alpha value is -3.24. The third-order valence-corrected chi connectivity index (χ3v) is 5.49. The molecule has 1 fully saturated rings. The first-order valence-corrected chi connectivity index (χ1v) is 10.1. The summed E-state index contributed by atoms with van der Waals surface area (Å²) < 4.78 is 41.1. The number of halogens is 3. The van der Waals surface area contributed by atoms with Crippen molar-refractivity contribution in [2.24, 2.45) is 0 Å². The third-order valence-electron chi connectivity index (χ3n) is 5.49. The normalized spacial score (nSPS) is 17.9. The predicted octanol–water partition coefficient (Wildman–Crippen LogP) is 3.21. The van der Waals surface area contributed by atoms with Gasteiger partial charge in [0, 0.05) is 25.7 Å². The monoisotopic (exact) mass is 444 g/mol. The van der Waals surface area contributed by atoms with Gasteiger partial charge < -0.3 is 10.2 Å². The Morgan fingerprint density at radius 2 is 1.94 bits per heavy atom. The number of rotatable bonds is 5. The molecule has 10 heteroatoms. The summed E-state index contributed by atoms with van der Waals surface area (Å²) >= 11 is 0. The molecule has 3 aromatic rings. The average Bonchev–Trinajstić information content (AvgIpc) is 3.29. The van der Waals surface area contributed by atoms with Crippen LogP contribution in [0.3, 0.4) is 0 Å². The zero-order valence-corrected chi connectivity index (χ0v) is 17.5. The molecule has 1 atom stereocenters. The van der Waals surface area contributed by atoms with Crippen LogP contribution in [0.15, 0.2) is 61.2 Å². The van der Waals surface area contributed by atoms with Gasteiger partial charge >= 0.3 is 6.18 Å². The molecule has 4 rings (SSSR count). The number of carbonyl (C=O) groups excluding carboxylic acids is 1. The molecule has 32 heavy (non-hydrogen) atoms. The van der Waals surface area contributed by atoms with E-state index in [0.29, 0.717) is 12.2 Å². The Morgan fingerprint density at radius 3 is 2.62 bits per heavy atom. The molecule has 0 bridgehead atoms. The van der Waals surface area contributed by atoms with E-state index in [1.165, 1.54) is 23.4 Å². The van der Waals surface area contributed by atoms with Gasteiger partial charge in [0.25, 0.3) is 0 Å². The molecule has 1 saturated heterocycles. The maximum Gasteiger partial charge on any atom is 0.416 e. The molecule has 1 N–H and O–H groups in total. The molecule has 1 aliphatic rings. The van der Waals surface area contributed by atoms with Crippen LogP contribution in [0.25, 0.3) is 5.69 Å². The van der Waals surface area contributed by atoms with Crippen LogP contribution in [0.4, 0.5) is 18.9 Å². The van der Waals surface area contributed by atoms with Crippen LogP contribution < -0.4 is 5.32 Å². The molecule has 1 aromatic heterocycles. The van der Waals surface area contributed by atoms with Crippen molar-refractivity contribution >= 4 is 11.6 Å². The van der Waals surface area contributed by atoms with Crippen molar-refractivity contribution < 1.29 is 18.0 Å². The van der Waals surface area contributed by atoms with E-state index in [9.17, 15) is 18.0 Å². The average molecular weight is 444 g/mol. The number of carbonyl (C=O) groups is 1. The zero-order valence-electron chi connectivity index (χ0n) is 17.5. The molecule has 0 aliphatic carbocycles. The Bertz CT molecular complexity index is 1060. The minimum Gasteiger partial charge on any atom is -0.323 e. The molecule has 1 aliphatic heterocycles. The summed E-state index contributed by atoms with van der Waals surface area (Å²) in [5, 5.41) is 6.64. The number of amides is 1. The number of likely N-dealkylation sites (N-methyl/N-ethyl adjacent to an activating group) is 1. The Kier molecular flexibility index (Phi) is 6.24. The molecule has 2 aromatic carbocycles. The second-order valence-electron chi connectivity index (χ2n) is 7.78. The van der Waals surface area contributed by atoms with Crippen LogP contribution in [-0.2, 0) is 11.0 Å². The van der Waals surface area contributed by atoms with Crippen molar-refractivity contribution in [2.75, 3.05) is 38.5 Å². The second-order valence-corrected chi connectivity index (χ2v) is 7.78. The van der Waals surface area contributed by atoms with Gasteiger partial charge in [-0.1, -0.05) is 30.3 Å². The summed E-state index contributed by atoms with van der Waals surface area (Å²) in [6.45, 7) is 2.28. The van der Waals surface area contributed by atoms with Gasteiger partial charge in [0.15, 0.2) is 0 Å². The van der Waals surface area contributed by atoms with E-state index in [4.69, 9.17) is 0 Å². The number of benzene rings is 2. The van der Waals surface area contributed by atoms with E-state index in [-0.39, 0.29) is 18.3 Å². The summed E-state index contributed by atoms with van der Waals surface area (Å²) in [7, 11) is 2.03. The molecule has 168 valence electrons. The highest BCUT2D eigenvalue weighted by molar-refractivity contribution is 5.94. The Balaban J connectivity index is 1.56. The summed E-state index contributed by atoms with van der Waals surface area (Å²) in [4.78, 5) is 21.0. The van der Waals surface area contributed by atoms with E-state index in [1.807, 2.05) is 42.3 Å². The number of aromatic nitrogens is 3. The highest BCUT2D eigenvalue weighted by Gasteiger charge is 2.32.